The molecule has 1 aromatic heterocycles. The van der Waals surface area contributed by atoms with Crippen LogP contribution >= 0.6 is 31.9 Å². The Morgan fingerprint density at radius 1 is 1.22 bits per heavy atom. The van der Waals surface area contributed by atoms with Gasteiger partial charge in [0.25, 0.3) is 0 Å². The van der Waals surface area contributed by atoms with Crippen molar-refractivity contribution in [3.05, 3.63) is 56.2 Å². The number of hydrogen-bond donors (Lipinski definition) is 2. The van der Waals surface area contributed by atoms with Crippen LogP contribution in [0.1, 0.15) is 28.6 Å². The van der Waals surface area contributed by atoms with E-state index in [1.807, 2.05) is 6.92 Å². The second kappa shape index (κ2) is 6.02. The molecule has 0 aliphatic heterocycles. The fraction of sp³-hybridized carbons (Fsp3) is 0.118. The first-order valence-electron chi connectivity index (χ1n) is 6.96. The van der Waals surface area contributed by atoms with E-state index < -0.39 is 0 Å². The molecule has 23 heavy (non-hydrogen) atoms. The van der Waals surface area contributed by atoms with E-state index in [0.29, 0.717) is 43.5 Å². The Labute approximate surface area is 149 Å². The maximum absolute atomic E-state index is 13.0. The highest BCUT2D eigenvalue weighted by atomic mass is 79.9. The number of ketones is 1. The highest BCUT2D eigenvalue weighted by molar-refractivity contribution is 9.11. The number of carbonyl (C=O) groups is 1. The molecule has 118 valence electrons. The lowest BCUT2D eigenvalue weighted by molar-refractivity contribution is 0.103. The summed E-state index contributed by atoms with van der Waals surface area (Å²) in [4.78, 5) is 13.0. The Morgan fingerprint density at radius 3 is 2.48 bits per heavy atom. The van der Waals surface area contributed by atoms with E-state index in [2.05, 4.69) is 31.9 Å². The average Bonchev–Trinajstić information content (AvgIpc) is 2.88. The smallest absolute Gasteiger partial charge is 0.197 e. The predicted octanol–water partition coefficient (Wildman–Crippen LogP) is 5.04. The van der Waals surface area contributed by atoms with E-state index >= 15 is 0 Å². The molecular formula is C17H13Br2NO3. The third-order valence-electron chi connectivity index (χ3n) is 3.61. The summed E-state index contributed by atoms with van der Waals surface area (Å²) in [6, 6.07) is 8.45. The summed E-state index contributed by atoms with van der Waals surface area (Å²) in [5.74, 6) is 0.518. The van der Waals surface area contributed by atoms with Gasteiger partial charge in [-0.25, -0.2) is 0 Å². The van der Waals surface area contributed by atoms with Gasteiger partial charge in [-0.1, -0.05) is 6.92 Å². The number of furan rings is 1. The fourth-order valence-corrected chi connectivity index (χ4v) is 3.69. The zero-order chi connectivity index (χ0) is 16.7. The normalized spacial score (nSPS) is 11.1. The summed E-state index contributed by atoms with van der Waals surface area (Å²) in [5.41, 5.74) is 7.96. The summed E-state index contributed by atoms with van der Waals surface area (Å²) >= 11 is 6.50. The van der Waals surface area contributed by atoms with Gasteiger partial charge < -0.3 is 15.3 Å². The third-order valence-corrected chi connectivity index (χ3v) is 4.82. The van der Waals surface area contributed by atoms with E-state index in [0.717, 1.165) is 5.39 Å². The van der Waals surface area contributed by atoms with E-state index in [9.17, 15) is 9.90 Å². The molecule has 0 unspecified atom stereocenters. The number of carbonyl (C=O) groups excluding carboxylic acids is 1. The van der Waals surface area contributed by atoms with Crippen molar-refractivity contribution in [1.29, 1.82) is 0 Å². The number of phenolic OH excluding ortho intramolecular Hbond substituents is 1. The number of halogens is 2. The van der Waals surface area contributed by atoms with Crippen LogP contribution in [0, 0.1) is 0 Å². The van der Waals surface area contributed by atoms with Gasteiger partial charge in [0.2, 0.25) is 0 Å². The minimum Gasteiger partial charge on any atom is -0.506 e. The van der Waals surface area contributed by atoms with Crippen LogP contribution < -0.4 is 5.73 Å². The number of hydrogen-bond acceptors (Lipinski definition) is 4. The summed E-state index contributed by atoms with van der Waals surface area (Å²) in [7, 11) is 0. The van der Waals surface area contributed by atoms with Crippen molar-refractivity contribution in [2.75, 3.05) is 5.73 Å². The maximum atomic E-state index is 13.0. The lowest BCUT2D eigenvalue weighted by atomic mass is 9.99. The molecule has 0 spiro atoms. The molecule has 0 aliphatic rings. The van der Waals surface area contributed by atoms with E-state index in [-0.39, 0.29) is 11.5 Å². The van der Waals surface area contributed by atoms with E-state index in [4.69, 9.17) is 10.2 Å². The lowest BCUT2D eigenvalue weighted by Gasteiger charge is -2.06. The molecular weight excluding hydrogens is 426 g/mol. The van der Waals surface area contributed by atoms with Crippen LogP contribution in [0.15, 0.2) is 43.7 Å². The van der Waals surface area contributed by atoms with Crippen LogP contribution in [0.3, 0.4) is 0 Å². The van der Waals surface area contributed by atoms with Crippen LogP contribution in [0.2, 0.25) is 0 Å². The molecule has 0 amide bonds. The summed E-state index contributed by atoms with van der Waals surface area (Å²) in [5, 5.41) is 10.5. The first kappa shape index (κ1) is 16.1. The van der Waals surface area contributed by atoms with Crippen molar-refractivity contribution in [3.63, 3.8) is 0 Å². The molecule has 0 saturated carbocycles. The van der Waals surface area contributed by atoms with Gasteiger partial charge in [0.15, 0.2) is 5.78 Å². The Kier molecular flexibility index (Phi) is 4.21. The number of phenols is 1. The molecule has 0 atom stereocenters. The number of nitrogen functional groups attached to an aromatic ring is 1. The van der Waals surface area contributed by atoms with Gasteiger partial charge in [0.1, 0.15) is 17.1 Å². The largest absolute Gasteiger partial charge is 0.506 e. The number of aryl methyl sites for hydroxylation is 1. The Hall–Kier alpha value is -1.79. The van der Waals surface area contributed by atoms with Crippen LogP contribution in [0.4, 0.5) is 5.69 Å². The third kappa shape index (κ3) is 2.77. The summed E-state index contributed by atoms with van der Waals surface area (Å²) in [6.45, 7) is 1.93. The Balaban J connectivity index is 2.21. The van der Waals surface area contributed by atoms with Gasteiger partial charge in [-0.15, -0.1) is 0 Å². The van der Waals surface area contributed by atoms with Gasteiger partial charge >= 0.3 is 0 Å². The molecule has 0 fully saturated rings. The minimum atomic E-state index is -0.160. The molecule has 6 heteroatoms. The first-order valence-corrected chi connectivity index (χ1v) is 8.54. The van der Waals surface area contributed by atoms with Crippen LogP contribution in [0.25, 0.3) is 11.0 Å². The molecule has 3 N–H and O–H groups in total. The van der Waals surface area contributed by atoms with E-state index in [1.165, 1.54) is 0 Å². The number of fused-ring (bicyclic) bond motifs is 1. The quantitative estimate of drug-likeness (QED) is 0.443. The molecule has 1 heterocycles. The van der Waals surface area contributed by atoms with Crippen molar-refractivity contribution in [1.82, 2.24) is 0 Å². The number of benzene rings is 2. The van der Waals surface area contributed by atoms with Crippen LogP contribution in [-0.2, 0) is 6.42 Å². The second-order valence-electron chi connectivity index (χ2n) is 5.13. The first-order chi connectivity index (χ1) is 10.9. The molecule has 0 aliphatic carbocycles. The summed E-state index contributed by atoms with van der Waals surface area (Å²) < 4.78 is 6.68. The SMILES string of the molecule is CCc1oc2cc(N)ccc2c1C(=O)c1cc(Br)c(O)c(Br)c1. The zero-order valence-corrected chi connectivity index (χ0v) is 15.4. The molecule has 0 bridgehead atoms. The van der Waals surface area contributed by atoms with Crippen LogP contribution in [-0.4, -0.2) is 10.9 Å². The predicted molar refractivity (Wildman–Crippen MR) is 96.9 cm³/mol. The molecule has 2 aromatic carbocycles. The molecule has 4 nitrogen and oxygen atoms in total. The maximum Gasteiger partial charge on any atom is 0.197 e. The minimum absolute atomic E-state index is 0.0575. The van der Waals surface area contributed by atoms with Gasteiger partial charge in [-0.05, 0) is 56.1 Å². The molecule has 0 radical (unpaired) electrons. The van der Waals surface area contributed by atoms with Crippen molar-refractivity contribution in [2.45, 2.75) is 13.3 Å². The Bertz CT molecular complexity index is 908. The Morgan fingerprint density at radius 2 is 1.87 bits per heavy atom. The summed E-state index contributed by atoms with van der Waals surface area (Å²) in [6.07, 6.45) is 0.593. The van der Waals surface area contributed by atoms with Gasteiger partial charge in [0, 0.05) is 29.1 Å². The van der Waals surface area contributed by atoms with Gasteiger partial charge in [0.05, 0.1) is 14.5 Å². The zero-order valence-electron chi connectivity index (χ0n) is 12.2. The van der Waals surface area contributed by atoms with Gasteiger partial charge in [-0.2, -0.15) is 0 Å². The van der Waals surface area contributed by atoms with Crippen molar-refractivity contribution >= 4 is 54.3 Å². The molecule has 0 saturated heterocycles. The highest BCUT2D eigenvalue weighted by Crippen LogP contribution is 2.36. The lowest BCUT2D eigenvalue weighted by Crippen LogP contribution is -2.04. The molecule has 3 aromatic rings. The van der Waals surface area contributed by atoms with Crippen LogP contribution in [0.5, 0.6) is 5.75 Å². The van der Waals surface area contributed by atoms with Gasteiger partial charge in [-0.3, -0.25) is 4.79 Å². The number of nitrogens with two attached hydrogens (primary N) is 1. The molecule has 3 rings (SSSR count). The monoisotopic (exact) mass is 437 g/mol. The van der Waals surface area contributed by atoms with Crippen molar-refractivity contribution in [3.8, 4) is 5.75 Å². The highest BCUT2D eigenvalue weighted by Gasteiger charge is 2.22. The second-order valence-corrected chi connectivity index (χ2v) is 6.84. The number of rotatable bonds is 3. The standard InChI is InChI=1S/C17H13Br2NO3/c1-2-13-15(10-4-3-9(20)7-14(10)23-13)16(21)8-5-11(18)17(22)12(19)6-8/h3-7,22H,2,20H2,1H3. The fourth-order valence-electron chi connectivity index (χ4n) is 2.50. The topological polar surface area (TPSA) is 76.5 Å². The number of aromatic hydroxyl groups is 1. The van der Waals surface area contributed by atoms with E-state index in [1.54, 1.807) is 30.3 Å². The van der Waals surface area contributed by atoms with Crippen molar-refractivity contribution < 1.29 is 14.3 Å². The van der Waals surface area contributed by atoms with Crippen molar-refractivity contribution in [2.24, 2.45) is 0 Å². The number of anilines is 1. The average molecular weight is 439 g/mol.